The molecule has 0 radical (unpaired) electrons. The molecule has 5 heteroatoms. The van der Waals surface area contributed by atoms with Crippen molar-refractivity contribution in [2.75, 3.05) is 6.54 Å². The molecule has 2 aromatic rings. The molecule has 1 fully saturated rings. The molecule has 22 heavy (non-hydrogen) atoms. The lowest BCUT2D eigenvalue weighted by Crippen LogP contribution is -2.39. The van der Waals surface area contributed by atoms with E-state index >= 15 is 0 Å². The minimum absolute atomic E-state index is 0.173. The first-order valence-electron chi connectivity index (χ1n) is 8.00. The average Bonchev–Trinajstić information content (AvgIpc) is 3.17. The molecule has 0 amide bonds. The molecule has 4 nitrogen and oxygen atoms in total. The summed E-state index contributed by atoms with van der Waals surface area (Å²) in [5.74, 6) is 0.173. The highest BCUT2D eigenvalue weighted by atomic mass is 32.1. The van der Waals surface area contributed by atoms with Gasteiger partial charge in [0.25, 0.3) is 0 Å². The number of piperidine rings is 1. The number of ketones is 1. The van der Waals surface area contributed by atoms with Crippen LogP contribution in [0.15, 0.2) is 30.2 Å². The number of rotatable bonds is 6. The molecular weight excluding hydrogens is 294 g/mol. The zero-order valence-electron chi connectivity index (χ0n) is 13.1. The molecular formula is C17H23N3OS. The fourth-order valence-electron chi connectivity index (χ4n) is 3.19. The summed E-state index contributed by atoms with van der Waals surface area (Å²) in [5.41, 5.74) is 1.28. The number of likely N-dealkylation sites (tertiary alicyclic amines) is 1. The first kappa shape index (κ1) is 15.4. The van der Waals surface area contributed by atoms with E-state index in [9.17, 15) is 4.79 Å². The Morgan fingerprint density at radius 1 is 1.45 bits per heavy atom. The molecule has 3 rings (SSSR count). The van der Waals surface area contributed by atoms with Gasteiger partial charge in [-0.1, -0.05) is 6.42 Å². The second-order valence-corrected chi connectivity index (χ2v) is 7.00. The maximum Gasteiger partial charge on any atom is 0.169 e. The Labute approximate surface area is 135 Å². The first-order valence-corrected chi connectivity index (χ1v) is 8.88. The van der Waals surface area contributed by atoms with Gasteiger partial charge in [0.05, 0.1) is 11.2 Å². The monoisotopic (exact) mass is 317 g/mol. The van der Waals surface area contributed by atoms with E-state index < -0.39 is 0 Å². The van der Waals surface area contributed by atoms with Crippen molar-refractivity contribution in [2.24, 2.45) is 0 Å². The lowest BCUT2D eigenvalue weighted by atomic mass is 9.98. The van der Waals surface area contributed by atoms with Crippen LogP contribution in [-0.2, 0) is 13.1 Å². The highest BCUT2D eigenvalue weighted by molar-refractivity contribution is 7.12. The topological polar surface area (TPSA) is 38.1 Å². The molecule has 1 aliphatic rings. The average molecular weight is 317 g/mol. The summed E-state index contributed by atoms with van der Waals surface area (Å²) in [5, 5.41) is 2.14. The van der Waals surface area contributed by atoms with Gasteiger partial charge in [0.15, 0.2) is 5.78 Å². The van der Waals surface area contributed by atoms with Crippen LogP contribution in [0, 0.1) is 0 Å². The summed E-state index contributed by atoms with van der Waals surface area (Å²) >= 11 is 1.57. The predicted molar refractivity (Wildman–Crippen MR) is 89.2 cm³/mol. The van der Waals surface area contributed by atoms with Gasteiger partial charge in [-0.3, -0.25) is 9.69 Å². The van der Waals surface area contributed by atoms with Gasteiger partial charge in [-0.2, -0.15) is 0 Å². The van der Waals surface area contributed by atoms with Crippen molar-refractivity contribution in [1.29, 1.82) is 0 Å². The number of hydrogen-bond acceptors (Lipinski definition) is 4. The SMILES string of the molecule is CC(=O)c1cc(CN2CCCC[C@H]2CCn2ccnc2)cs1. The van der Waals surface area contributed by atoms with Crippen LogP contribution < -0.4 is 0 Å². The zero-order valence-corrected chi connectivity index (χ0v) is 13.9. The molecule has 3 heterocycles. The molecule has 0 spiro atoms. The highest BCUT2D eigenvalue weighted by Gasteiger charge is 2.22. The molecule has 0 aromatic carbocycles. The summed E-state index contributed by atoms with van der Waals surface area (Å²) in [4.78, 5) is 19.0. The van der Waals surface area contributed by atoms with Gasteiger partial charge in [0.1, 0.15) is 0 Å². The molecule has 1 saturated heterocycles. The van der Waals surface area contributed by atoms with E-state index in [-0.39, 0.29) is 5.78 Å². The lowest BCUT2D eigenvalue weighted by molar-refractivity contribution is 0.102. The van der Waals surface area contributed by atoms with E-state index in [0.29, 0.717) is 6.04 Å². The number of nitrogens with zero attached hydrogens (tertiary/aromatic N) is 3. The second kappa shape index (κ2) is 7.20. The van der Waals surface area contributed by atoms with Crippen molar-refractivity contribution in [3.05, 3.63) is 40.6 Å². The maximum atomic E-state index is 11.4. The summed E-state index contributed by atoms with van der Waals surface area (Å²) in [6.45, 7) is 4.81. The van der Waals surface area contributed by atoms with Crippen molar-refractivity contribution < 1.29 is 4.79 Å². The standard InChI is InChI=1S/C17H23N3OS/c1-14(21)17-10-15(12-22-17)11-20-7-3-2-4-16(20)5-8-19-9-6-18-13-19/h6,9-10,12-13,16H,2-5,7-8,11H2,1H3/t16-/m0/s1. The van der Waals surface area contributed by atoms with Crippen molar-refractivity contribution in [2.45, 2.75) is 51.7 Å². The normalized spacial score (nSPS) is 19.4. The number of aryl methyl sites for hydroxylation is 1. The van der Waals surface area contributed by atoms with Gasteiger partial charge < -0.3 is 4.57 Å². The fraction of sp³-hybridized carbons (Fsp3) is 0.529. The smallest absolute Gasteiger partial charge is 0.169 e. The third-order valence-electron chi connectivity index (χ3n) is 4.42. The van der Waals surface area contributed by atoms with Gasteiger partial charge in [0.2, 0.25) is 0 Å². The maximum absolute atomic E-state index is 11.4. The van der Waals surface area contributed by atoms with Crippen molar-refractivity contribution in [3.63, 3.8) is 0 Å². The van der Waals surface area contributed by atoms with E-state index in [1.807, 2.05) is 18.7 Å². The third-order valence-corrected chi connectivity index (χ3v) is 5.50. The van der Waals surface area contributed by atoms with Crippen LogP contribution >= 0.6 is 11.3 Å². The Balaban J connectivity index is 1.60. The number of carbonyl (C=O) groups excluding carboxylic acids is 1. The van der Waals surface area contributed by atoms with Crippen LogP contribution in [0.4, 0.5) is 0 Å². The van der Waals surface area contributed by atoms with Crippen LogP contribution in [0.25, 0.3) is 0 Å². The van der Waals surface area contributed by atoms with E-state index in [4.69, 9.17) is 0 Å². The van der Waals surface area contributed by atoms with Crippen LogP contribution in [0.2, 0.25) is 0 Å². The Morgan fingerprint density at radius 3 is 3.09 bits per heavy atom. The van der Waals surface area contributed by atoms with Gasteiger partial charge in [-0.05, 0) is 49.7 Å². The van der Waals surface area contributed by atoms with Crippen molar-refractivity contribution in [1.82, 2.24) is 14.5 Å². The molecule has 1 atom stereocenters. The molecule has 0 unspecified atom stereocenters. The minimum Gasteiger partial charge on any atom is -0.337 e. The van der Waals surface area contributed by atoms with Gasteiger partial charge in [-0.15, -0.1) is 11.3 Å². The van der Waals surface area contributed by atoms with Crippen molar-refractivity contribution in [3.8, 4) is 0 Å². The summed E-state index contributed by atoms with van der Waals surface area (Å²) < 4.78 is 2.16. The minimum atomic E-state index is 0.173. The summed E-state index contributed by atoms with van der Waals surface area (Å²) in [6, 6.07) is 2.70. The van der Waals surface area contributed by atoms with Gasteiger partial charge in [0, 0.05) is 31.5 Å². The van der Waals surface area contributed by atoms with Gasteiger partial charge >= 0.3 is 0 Å². The van der Waals surface area contributed by atoms with Crippen LogP contribution in [0.3, 0.4) is 0 Å². The number of imidazole rings is 1. The Kier molecular flexibility index (Phi) is 5.05. The molecule has 0 saturated carbocycles. The second-order valence-electron chi connectivity index (χ2n) is 6.08. The highest BCUT2D eigenvalue weighted by Crippen LogP contribution is 2.24. The number of Topliss-reactive ketones (excluding diaryl/α,β-unsaturated/α-hetero) is 1. The van der Waals surface area contributed by atoms with E-state index in [2.05, 4.69) is 25.9 Å². The van der Waals surface area contributed by atoms with E-state index in [0.717, 1.165) is 18.0 Å². The number of aromatic nitrogens is 2. The Hall–Kier alpha value is -1.46. The molecule has 0 aliphatic carbocycles. The molecule has 1 aliphatic heterocycles. The zero-order chi connectivity index (χ0) is 15.4. The summed E-state index contributed by atoms with van der Waals surface area (Å²) in [6.07, 6.45) is 10.8. The van der Waals surface area contributed by atoms with Crippen LogP contribution in [-0.4, -0.2) is 32.8 Å². The van der Waals surface area contributed by atoms with E-state index in [1.54, 1.807) is 18.3 Å². The fourth-order valence-corrected chi connectivity index (χ4v) is 4.00. The van der Waals surface area contributed by atoms with E-state index in [1.165, 1.54) is 37.8 Å². The third kappa shape index (κ3) is 3.84. The molecule has 118 valence electrons. The predicted octanol–water partition coefficient (Wildman–Crippen LogP) is 3.59. The van der Waals surface area contributed by atoms with Crippen molar-refractivity contribution >= 4 is 17.1 Å². The number of hydrogen-bond donors (Lipinski definition) is 0. The van der Waals surface area contributed by atoms with Crippen LogP contribution in [0.1, 0.15) is 47.8 Å². The first-order chi connectivity index (χ1) is 10.7. The Bertz CT molecular complexity index is 605. The van der Waals surface area contributed by atoms with Crippen LogP contribution in [0.5, 0.6) is 0 Å². The quantitative estimate of drug-likeness (QED) is 0.764. The number of carbonyl (C=O) groups is 1. The number of thiophene rings is 1. The Morgan fingerprint density at radius 2 is 2.36 bits per heavy atom. The molecule has 2 aromatic heterocycles. The molecule has 0 bridgehead atoms. The lowest BCUT2D eigenvalue weighted by Gasteiger charge is -2.35. The van der Waals surface area contributed by atoms with Gasteiger partial charge in [-0.25, -0.2) is 4.98 Å². The molecule has 0 N–H and O–H groups in total. The largest absolute Gasteiger partial charge is 0.337 e. The summed E-state index contributed by atoms with van der Waals surface area (Å²) in [7, 11) is 0.